The summed E-state index contributed by atoms with van der Waals surface area (Å²) in [6.45, 7) is 0. The van der Waals surface area contributed by atoms with Crippen LogP contribution in [0.2, 0.25) is 0 Å². The minimum Gasteiger partial charge on any atom is -0.455 e. The van der Waals surface area contributed by atoms with E-state index in [0.717, 1.165) is 101 Å². The van der Waals surface area contributed by atoms with Crippen molar-refractivity contribution < 1.29 is 20.1 Å². The highest BCUT2D eigenvalue weighted by molar-refractivity contribution is 14.1. The van der Waals surface area contributed by atoms with E-state index in [-0.39, 0.29) is 6.04 Å². The Kier molecular flexibility index (Phi) is 16.9. The van der Waals surface area contributed by atoms with Gasteiger partial charge in [0, 0.05) is 24.2 Å². The Bertz CT molecular complexity index is 1190. The topological polar surface area (TPSA) is 95.9 Å². The number of aliphatic hydroxyl groups is 3. The maximum atomic E-state index is 11.8. The summed E-state index contributed by atoms with van der Waals surface area (Å²) in [6, 6.07) is 8.06. The van der Waals surface area contributed by atoms with Crippen molar-refractivity contribution in [1.29, 1.82) is 0 Å². The van der Waals surface area contributed by atoms with Gasteiger partial charge in [-0.3, -0.25) is 0 Å². The van der Waals surface area contributed by atoms with Crippen LogP contribution in [0.3, 0.4) is 0 Å². The summed E-state index contributed by atoms with van der Waals surface area (Å²) >= 11 is 9.45. The summed E-state index contributed by atoms with van der Waals surface area (Å²) in [4.78, 5) is 0. The van der Waals surface area contributed by atoms with Crippen molar-refractivity contribution in [1.82, 2.24) is 0 Å². The predicted molar refractivity (Wildman–Crippen MR) is 222 cm³/mol. The van der Waals surface area contributed by atoms with Gasteiger partial charge >= 0.3 is 0 Å². The van der Waals surface area contributed by atoms with E-state index in [2.05, 4.69) is 115 Å². The zero-order valence-electron chi connectivity index (χ0n) is 27.2. The highest BCUT2D eigenvalue weighted by atomic mass is 127. The molecule has 0 radical (unpaired) electrons. The van der Waals surface area contributed by atoms with Gasteiger partial charge in [-0.05, 0) is 152 Å². The molecule has 0 heterocycles. The first-order chi connectivity index (χ1) is 22.1. The molecule has 5 N–H and O–H groups in total. The lowest BCUT2D eigenvalue weighted by atomic mass is 9.70. The van der Waals surface area contributed by atoms with Crippen LogP contribution in [0.15, 0.2) is 24.3 Å². The molecular weight excluding hydrogens is 1030 g/mol. The van der Waals surface area contributed by atoms with Crippen molar-refractivity contribution in [2.45, 2.75) is 153 Å². The van der Waals surface area contributed by atoms with Gasteiger partial charge in [0.1, 0.15) is 5.75 Å². The first kappa shape index (κ1) is 39.8. The van der Waals surface area contributed by atoms with Gasteiger partial charge in [-0.1, -0.05) is 103 Å². The highest BCUT2D eigenvalue weighted by Crippen LogP contribution is 2.43. The number of ether oxygens (including phenoxy) is 1. The van der Waals surface area contributed by atoms with E-state index in [4.69, 9.17) is 10.5 Å². The Balaban J connectivity index is 1.51. The maximum Gasteiger partial charge on any atom is 0.158 e. The largest absolute Gasteiger partial charge is 0.455 e. The average molecular weight is 1080 g/mol. The molecule has 2 aromatic rings. The number of rotatable bonds is 7. The smallest absolute Gasteiger partial charge is 0.158 e. The standard InChI is InChI=1S/C37H53I4NO4/c38-28-24-27(25-29(39)33(28)37(45)19-15-11-7-8-12-16-20-37)46-34-30(40)21-26(22-31(34)41)23-32(42)36(35(43)44)17-13-9-5-3-1-2-4-6-10-14-18-36/h21-22,24-25,32,35,43-45H,1-20,23,42H2. The van der Waals surface area contributed by atoms with Crippen LogP contribution >= 0.6 is 90.4 Å². The number of benzene rings is 2. The van der Waals surface area contributed by atoms with Crippen molar-refractivity contribution in [2.75, 3.05) is 0 Å². The third-order valence-corrected chi connectivity index (χ3v) is 13.7. The molecule has 0 amide bonds. The van der Waals surface area contributed by atoms with Crippen LogP contribution in [0.5, 0.6) is 11.5 Å². The normalized spacial score (nSPS) is 21.2. The second-order valence-electron chi connectivity index (χ2n) is 13.9. The Morgan fingerprint density at radius 3 is 1.41 bits per heavy atom. The van der Waals surface area contributed by atoms with Gasteiger partial charge in [0.15, 0.2) is 12.0 Å². The molecule has 46 heavy (non-hydrogen) atoms. The molecule has 1 atom stereocenters. The molecule has 2 aliphatic rings. The number of hydrogen-bond donors (Lipinski definition) is 4. The SMILES string of the molecule is NC(Cc1cc(I)c(Oc2cc(I)c(C3(O)CCCCCCCC3)c(I)c2)c(I)c1)C1(C(O)O)CCCCCCCCCCCC1. The molecule has 2 aromatic carbocycles. The van der Waals surface area contributed by atoms with Crippen LogP contribution in [-0.4, -0.2) is 27.7 Å². The van der Waals surface area contributed by atoms with Gasteiger partial charge in [0.25, 0.3) is 0 Å². The minimum absolute atomic E-state index is 0.352. The molecule has 1 unspecified atom stereocenters. The van der Waals surface area contributed by atoms with Crippen molar-refractivity contribution in [3.05, 3.63) is 49.7 Å². The monoisotopic (exact) mass is 1080 g/mol. The lowest BCUT2D eigenvalue weighted by molar-refractivity contribution is -0.153. The third-order valence-electron chi connectivity index (χ3n) is 10.4. The molecule has 0 spiro atoms. The molecule has 0 saturated heterocycles. The second kappa shape index (κ2) is 19.6. The molecule has 0 aromatic heterocycles. The minimum atomic E-state index is -1.42. The Morgan fingerprint density at radius 1 is 0.609 bits per heavy atom. The summed E-state index contributed by atoms with van der Waals surface area (Å²) in [6.07, 6.45) is 21.2. The molecule has 258 valence electrons. The Labute approximate surface area is 331 Å². The van der Waals surface area contributed by atoms with Gasteiger partial charge in [-0.25, -0.2) is 0 Å². The number of halogens is 4. The van der Waals surface area contributed by atoms with Gasteiger partial charge in [-0.2, -0.15) is 0 Å². The van der Waals surface area contributed by atoms with Crippen LogP contribution in [0.4, 0.5) is 0 Å². The van der Waals surface area contributed by atoms with Gasteiger partial charge in [0.05, 0.1) is 12.7 Å². The van der Waals surface area contributed by atoms with E-state index in [0.29, 0.717) is 6.42 Å². The van der Waals surface area contributed by atoms with E-state index >= 15 is 0 Å². The molecule has 0 bridgehead atoms. The fraction of sp³-hybridized carbons (Fsp3) is 0.676. The first-order valence-electron chi connectivity index (χ1n) is 17.6. The fourth-order valence-corrected chi connectivity index (χ4v) is 12.5. The van der Waals surface area contributed by atoms with E-state index in [1.807, 2.05) is 0 Å². The van der Waals surface area contributed by atoms with Crippen LogP contribution in [0, 0.1) is 19.7 Å². The van der Waals surface area contributed by atoms with Crippen LogP contribution in [-0.2, 0) is 12.0 Å². The van der Waals surface area contributed by atoms with Gasteiger partial charge in [-0.15, -0.1) is 0 Å². The Hall–Kier alpha value is 1.00. The average Bonchev–Trinajstić information content (AvgIpc) is 3.11. The Morgan fingerprint density at radius 2 is 1.00 bits per heavy atom. The van der Waals surface area contributed by atoms with Gasteiger partial charge in [0.2, 0.25) is 0 Å². The predicted octanol–water partition coefficient (Wildman–Crippen LogP) is 11.1. The summed E-state index contributed by atoms with van der Waals surface area (Å²) < 4.78 is 10.7. The maximum absolute atomic E-state index is 11.8. The van der Waals surface area contributed by atoms with Crippen LogP contribution < -0.4 is 10.5 Å². The van der Waals surface area contributed by atoms with E-state index in [1.54, 1.807) is 0 Å². The highest BCUT2D eigenvalue weighted by Gasteiger charge is 2.42. The first-order valence-corrected chi connectivity index (χ1v) is 21.9. The van der Waals surface area contributed by atoms with Crippen molar-refractivity contribution >= 4 is 90.4 Å². The van der Waals surface area contributed by atoms with Crippen molar-refractivity contribution in [3.63, 3.8) is 0 Å². The molecule has 5 nitrogen and oxygen atoms in total. The molecule has 4 rings (SSSR count). The zero-order chi connectivity index (χ0) is 33.2. The number of nitrogens with two attached hydrogens (primary N) is 1. The van der Waals surface area contributed by atoms with Crippen molar-refractivity contribution in [3.8, 4) is 11.5 Å². The van der Waals surface area contributed by atoms with Crippen molar-refractivity contribution in [2.24, 2.45) is 11.1 Å². The van der Waals surface area contributed by atoms with Crippen LogP contribution in [0.25, 0.3) is 0 Å². The van der Waals surface area contributed by atoms with E-state index in [1.165, 1.54) is 64.2 Å². The summed E-state index contributed by atoms with van der Waals surface area (Å²) in [7, 11) is 0. The third kappa shape index (κ3) is 11.0. The summed E-state index contributed by atoms with van der Waals surface area (Å²) in [5.41, 5.74) is 7.62. The molecule has 2 saturated carbocycles. The molecule has 0 aliphatic heterocycles. The number of aliphatic hydroxyl groups excluding tert-OH is 1. The fourth-order valence-electron chi connectivity index (χ4n) is 7.64. The molecular formula is C37H53I4NO4. The van der Waals surface area contributed by atoms with Gasteiger partial charge < -0.3 is 25.8 Å². The molecule has 9 heteroatoms. The van der Waals surface area contributed by atoms with E-state index in [9.17, 15) is 15.3 Å². The molecule has 2 aliphatic carbocycles. The lowest BCUT2D eigenvalue weighted by Crippen LogP contribution is -2.51. The zero-order valence-corrected chi connectivity index (χ0v) is 35.8. The van der Waals surface area contributed by atoms with Crippen LogP contribution in [0.1, 0.15) is 140 Å². The second-order valence-corrected chi connectivity index (χ2v) is 18.5. The summed E-state index contributed by atoms with van der Waals surface area (Å²) in [5, 5.41) is 33.4. The lowest BCUT2D eigenvalue weighted by Gasteiger charge is -2.41. The quantitative estimate of drug-likeness (QED) is 0.164. The molecule has 2 fully saturated rings. The number of hydrogen-bond acceptors (Lipinski definition) is 5. The van der Waals surface area contributed by atoms with E-state index < -0.39 is 17.3 Å². The summed E-state index contributed by atoms with van der Waals surface area (Å²) in [5.74, 6) is 1.59.